The lowest BCUT2D eigenvalue weighted by molar-refractivity contribution is 0.0232. The van der Waals surface area contributed by atoms with Crippen LogP contribution in [0, 0.1) is 11.6 Å². The van der Waals surface area contributed by atoms with Crippen molar-refractivity contribution in [2.24, 2.45) is 0 Å². The van der Waals surface area contributed by atoms with Gasteiger partial charge in [0.05, 0.1) is 12.2 Å². The Labute approximate surface area is 252 Å². The van der Waals surface area contributed by atoms with Crippen LogP contribution in [0.1, 0.15) is 119 Å². The normalized spacial score (nSPS) is 21.9. The van der Waals surface area contributed by atoms with Gasteiger partial charge in [-0.1, -0.05) is 44.5 Å². The Kier molecular flexibility index (Phi) is 14.8. The zero-order chi connectivity index (χ0) is 31.2. The second kappa shape index (κ2) is 18.3. The monoisotopic (exact) mass is 610 g/mol. The summed E-state index contributed by atoms with van der Waals surface area (Å²) in [5, 5.41) is 0. The standard InChI is InChI=1S/C18H23F3O.C17H21F3O/c1-2-3-10-22-16-8-6-13(7-9-16)14-4-5-15(12-18(20)21)17(19)11-14;1-2-9-21-15-7-5-12(6-8-15)13-3-4-14(11-17(19)20)16(18)10-13/h4-5,11-13,16H,2-3,6-10H2,1H3;3-4,10-12,15H,2,5-9H2,1H3. The summed E-state index contributed by atoms with van der Waals surface area (Å²) in [7, 11) is 0. The predicted molar refractivity (Wildman–Crippen MR) is 160 cm³/mol. The third-order valence-corrected chi connectivity index (χ3v) is 8.28. The Morgan fingerprint density at radius 3 is 1.40 bits per heavy atom. The fourth-order valence-corrected chi connectivity index (χ4v) is 5.87. The van der Waals surface area contributed by atoms with E-state index in [1.54, 1.807) is 12.1 Å². The van der Waals surface area contributed by atoms with E-state index in [4.69, 9.17) is 9.47 Å². The molecule has 2 aromatic carbocycles. The van der Waals surface area contributed by atoms with Gasteiger partial charge in [0, 0.05) is 36.5 Å². The minimum atomic E-state index is -1.88. The van der Waals surface area contributed by atoms with Crippen LogP contribution in [0.3, 0.4) is 0 Å². The smallest absolute Gasteiger partial charge is 0.271 e. The van der Waals surface area contributed by atoms with Crippen LogP contribution in [-0.4, -0.2) is 25.4 Å². The highest BCUT2D eigenvalue weighted by Gasteiger charge is 2.24. The average Bonchev–Trinajstić information content (AvgIpc) is 2.99. The molecular weight excluding hydrogens is 566 g/mol. The van der Waals surface area contributed by atoms with Crippen LogP contribution in [-0.2, 0) is 9.47 Å². The first-order chi connectivity index (χ1) is 20.7. The average molecular weight is 611 g/mol. The molecule has 2 aromatic rings. The Balaban J connectivity index is 0.000000236. The molecule has 0 radical (unpaired) electrons. The van der Waals surface area contributed by atoms with Gasteiger partial charge in [0.25, 0.3) is 12.2 Å². The Bertz CT molecular complexity index is 1170. The lowest BCUT2D eigenvalue weighted by Gasteiger charge is -2.29. The number of hydrogen-bond donors (Lipinski definition) is 0. The van der Waals surface area contributed by atoms with Gasteiger partial charge in [-0.15, -0.1) is 0 Å². The number of ether oxygens (including phenoxy) is 2. The lowest BCUT2D eigenvalue weighted by Crippen LogP contribution is -2.21. The molecule has 0 amide bonds. The summed E-state index contributed by atoms with van der Waals surface area (Å²) in [6, 6.07) is 9.19. The van der Waals surface area contributed by atoms with Gasteiger partial charge in [-0.2, -0.15) is 17.6 Å². The van der Waals surface area contributed by atoms with E-state index in [0.29, 0.717) is 36.2 Å². The summed E-state index contributed by atoms with van der Waals surface area (Å²) in [6.07, 6.45) is 9.01. The molecule has 2 fully saturated rings. The maximum atomic E-state index is 13.8. The van der Waals surface area contributed by atoms with Crippen LogP contribution in [0.4, 0.5) is 26.3 Å². The molecule has 43 heavy (non-hydrogen) atoms. The molecule has 2 saturated carbocycles. The minimum Gasteiger partial charge on any atom is -0.378 e. The highest BCUT2D eigenvalue weighted by Crippen LogP contribution is 2.36. The molecule has 238 valence electrons. The fraction of sp³-hybridized carbons (Fsp3) is 0.543. The molecule has 2 aliphatic rings. The minimum absolute atomic E-state index is 0.0552. The molecule has 0 aromatic heterocycles. The number of hydrogen-bond acceptors (Lipinski definition) is 2. The molecule has 8 heteroatoms. The van der Waals surface area contributed by atoms with Crippen molar-refractivity contribution in [1.82, 2.24) is 0 Å². The van der Waals surface area contributed by atoms with Crippen LogP contribution >= 0.6 is 0 Å². The molecule has 4 rings (SSSR count). The zero-order valence-electron chi connectivity index (χ0n) is 25.2. The van der Waals surface area contributed by atoms with Crippen molar-refractivity contribution in [3.8, 4) is 0 Å². The molecule has 0 spiro atoms. The van der Waals surface area contributed by atoms with Gasteiger partial charge in [0.2, 0.25) is 0 Å². The number of unbranched alkanes of at least 4 members (excludes halogenated alkanes) is 1. The maximum Gasteiger partial charge on any atom is 0.271 e. The summed E-state index contributed by atoms with van der Waals surface area (Å²) in [4.78, 5) is 0. The first-order valence-corrected chi connectivity index (χ1v) is 15.6. The molecule has 0 saturated heterocycles. The maximum absolute atomic E-state index is 13.8. The summed E-state index contributed by atoms with van der Waals surface area (Å²) < 4.78 is 88.0. The van der Waals surface area contributed by atoms with E-state index >= 15 is 0 Å². The van der Waals surface area contributed by atoms with Crippen molar-refractivity contribution in [2.75, 3.05) is 13.2 Å². The van der Waals surface area contributed by atoms with Gasteiger partial charge in [-0.25, -0.2) is 8.78 Å². The van der Waals surface area contributed by atoms with Gasteiger partial charge in [-0.05, 0) is 99.3 Å². The first kappa shape index (κ1) is 34.9. The number of rotatable bonds is 11. The van der Waals surface area contributed by atoms with E-state index in [-0.39, 0.29) is 11.1 Å². The van der Waals surface area contributed by atoms with Crippen molar-refractivity contribution in [1.29, 1.82) is 0 Å². The van der Waals surface area contributed by atoms with Crippen LogP contribution in [0.2, 0.25) is 0 Å². The molecule has 0 heterocycles. The third kappa shape index (κ3) is 11.8. The Hall–Kier alpha value is -2.58. The third-order valence-electron chi connectivity index (χ3n) is 8.28. The molecule has 2 nitrogen and oxygen atoms in total. The van der Waals surface area contributed by atoms with E-state index in [2.05, 4.69) is 13.8 Å². The Morgan fingerprint density at radius 1 is 0.628 bits per heavy atom. The number of benzene rings is 2. The quantitative estimate of drug-likeness (QED) is 0.186. The van der Waals surface area contributed by atoms with Crippen LogP contribution in [0.25, 0.3) is 12.2 Å². The molecule has 0 aliphatic heterocycles. The van der Waals surface area contributed by atoms with E-state index in [1.807, 2.05) is 0 Å². The van der Waals surface area contributed by atoms with Crippen molar-refractivity contribution in [3.63, 3.8) is 0 Å². The van der Waals surface area contributed by atoms with E-state index < -0.39 is 23.8 Å². The van der Waals surface area contributed by atoms with Crippen LogP contribution in [0.5, 0.6) is 0 Å². The zero-order valence-corrected chi connectivity index (χ0v) is 25.2. The fourth-order valence-electron chi connectivity index (χ4n) is 5.87. The van der Waals surface area contributed by atoms with Crippen molar-refractivity contribution in [2.45, 2.75) is 109 Å². The van der Waals surface area contributed by atoms with Gasteiger partial charge in [0.1, 0.15) is 11.6 Å². The predicted octanol–water partition coefficient (Wildman–Crippen LogP) is 11.4. The van der Waals surface area contributed by atoms with Crippen molar-refractivity contribution >= 4 is 12.2 Å². The Morgan fingerprint density at radius 2 is 1.05 bits per heavy atom. The molecular formula is C35H44F6O2. The topological polar surface area (TPSA) is 18.5 Å². The summed E-state index contributed by atoms with van der Waals surface area (Å²) >= 11 is 0. The largest absolute Gasteiger partial charge is 0.378 e. The second-order valence-corrected chi connectivity index (χ2v) is 11.5. The molecule has 0 unspecified atom stereocenters. The first-order valence-electron chi connectivity index (χ1n) is 15.6. The van der Waals surface area contributed by atoms with E-state index in [1.165, 1.54) is 24.3 Å². The van der Waals surface area contributed by atoms with Crippen LogP contribution < -0.4 is 0 Å². The molecule has 2 aliphatic carbocycles. The highest BCUT2D eigenvalue weighted by atomic mass is 19.3. The lowest BCUT2D eigenvalue weighted by atomic mass is 9.82. The van der Waals surface area contributed by atoms with Gasteiger partial charge in [0.15, 0.2) is 0 Å². The number of halogens is 6. The van der Waals surface area contributed by atoms with Gasteiger partial charge in [-0.3, -0.25) is 0 Å². The van der Waals surface area contributed by atoms with Crippen LogP contribution in [0.15, 0.2) is 48.6 Å². The van der Waals surface area contributed by atoms with Crippen molar-refractivity contribution in [3.05, 3.63) is 82.4 Å². The summed E-state index contributed by atoms with van der Waals surface area (Å²) in [5.74, 6) is -0.556. The molecule has 0 bridgehead atoms. The SMILES string of the molecule is CCCCOC1CCC(c2ccc(C=C(F)F)c(F)c2)CC1.CCCOC1CCC(c2ccc(C=C(F)F)c(F)c2)CC1. The van der Waals surface area contributed by atoms with Gasteiger partial charge >= 0.3 is 0 Å². The second-order valence-electron chi connectivity index (χ2n) is 11.5. The van der Waals surface area contributed by atoms with Crippen molar-refractivity contribution < 1.29 is 35.8 Å². The molecule has 0 N–H and O–H groups in total. The highest BCUT2D eigenvalue weighted by molar-refractivity contribution is 5.52. The summed E-state index contributed by atoms with van der Waals surface area (Å²) in [5.41, 5.74) is 1.69. The molecule has 0 atom stereocenters. The summed E-state index contributed by atoms with van der Waals surface area (Å²) in [6.45, 7) is 5.84. The van der Waals surface area contributed by atoms with E-state index in [9.17, 15) is 26.3 Å². The van der Waals surface area contributed by atoms with E-state index in [0.717, 1.165) is 95.0 Å². The van der Waals surface area contributed by atoms with Gasteiger partial charge < -0.3 is 9.47 Å².